The van der Waals surface area contributed by atoms with Gasteiger partial charge in [0.15, 0.2) is 0 Å². The number of rotatable bonds is 3. The van der Waals surface area contributed by atoms with Gasteiger partial charge >= 0.3 is 5.97 Å². The van der Waals surface area contributed by atoms with Crippen LogP contribution in [0, 0.1) is 0 Å². The summed E-state index contributed by atoms with van der Waals surface area (Å²) in [5.74, 6) is -0.0598. The van der Waals surface area contributed by atoms with Crippen LogP contribution in [0.4, 0.5) is 0 Å². The van der Waals surface area contributed by atoms with Gasteiger partial charge in [0.05, 0.1) is 17.3 Å². The number of carbonyl (C=O) groups is 1. The molecule has 2 heterocycles. The number of benzene rings is 1. The Bertz CT molecular complexity index is 638. The first kappa shape index (κ1) is 13.4. The number of hydrogen-bond donors (Lipinski definition) is 1. The fourth-order valence-electron chi connectivity index (χ4n) is 2.70. The van der Waals surface area contributed by atoms with Crippen molar-refractivity contribution in [2.24, 2.45) is 0 Å². The predicted molar refractivity (Wildman–Crippen MR) is 77.3 cm³/mol. The predicted octanol–water partition coefficient (Wildman–Crippen LogP) is 3.23. The van der Waals surface area contributed by atoms with Crippen molar-refractivity contribution in [2.45, 2.75) is 19.0 Å². The summed E-state index contributed by atoms with van der Waals surface area (Å²) in [7, 11) is 0. The normalized spacial score (nSPS) is 18.8. The fourth-order valence-corrected chi connectivity index (χ4v) is 3.03. The maximum absolute atomic E-state index is 11.7. The van der Waals surface area contributed by atoms with E-state index in [1.165, 1.54) is 0 Å². The van der Waals surface area contributed by atoms with Crippen molar-refractivity contribution in [2.75, 3.05) is 6.54 Å². The molecule has 0 saturated heterocycles. The van der Waals surface area contributed by atoms with Crippen LogP contribution in [0.25, 0.3) is 0 Å². The maximum atomic E-state index is 11.7. The minimum Gasteiger partial charge on any atom is -0.480 e. The molecule has 0 amide bonds. The van der Waals surface area contributed by atoms with E-state index in [4.69, 9.17) is 4.42 Å². The average molecular weight is 336 g/mol. The molecule has 0 bridgehead atoms. The van der Waals surface area contributed by atoms with Crippen molar-refractivity contribution in [1.82, 2.24) is 4.90 Å². The molecule has 0 radical (unpaired) electrons. The van der Waals surface area contributed by atoms with Crippen molar-refractivity contribution < 1.29 is 14.3 Å². The third-order valence-electron chi connectivity index (χ3n) is 3.65. The Morgan fingerprint density at radius 1 is 1.40 bits per heavy atom. The van der Waals surface area contributed by atoms with Crippen molar-refractivity contribution in [3.63, 3.8) is 0 Å². The SMILES string of the molecule is O=C(O)C1c2ccccc2CCN1Cc1occc1Br. The molecule has 0 saturated carbocycles. The summed E-state index contributed by atoms with van der Waals surface area (Å²) in [6, 6.07) is 8.96. The molecule has 1 atom stereocenters. The summed E-state index contributed by atoms with van der Waals surface area (Å²) in [6.45, 7) is 1.19. The fraction of sp³-hybridized carbons (Fsp3) is 0.267. The lowest BCUT2D eigenvalue weighted by Crippen LogP contribution is -2.39. The minimum atomic E-state index is -0.820. The molecular formula is C15H14BrNO3. The summed E-state index contributed by atoms with van der Waals surface area (Å²) in [6.07, 6.45) is 2.46. The van der Waals surface area contributed by atoms with Gasteiger partial charge in [-0.2, -0.15) is 0 Å². The topological polar surface area (TPSA) is 53.7 Å². The van der Waals surface area contributed by atoms with Crippen LogP contribution in [0.2, 0.25) is 0 Å². The van der Waals surface area contributed by atoms with Crippen LogP contribution in [0.5, 0.6) is 0 Å². The van der Waals surface area contributed by atoms with Gasteiger partial charge in [0.2, 0.25) is 0 Å². The Balaban J connectivity index is 1.92. The first-order valence-electron chi connectivity index (χ1n) is 6.43. The monoisotopic (exact) mass is 335 g/mol. The highest BCUT2D eigenvalue weighted by molar-refractivity contribution is 9.10. The van der Waals surface area contributed by atoms with Gasteiger partial charge in [-0.1, -0.05) is 24.3 Å². The lowest BCUT2D eigenvalue weighted by molar-refractivity contribution is -0.144. The average Bonchev–Trinajstić information content (AvgIpc) is 2.83. The van der Waals surface area contributed by atoms with Crippen LogP contribution in [-0.4, -0.2) is 22.5 Å². The summed E-state index contributed by atoms with van der Waals surface area (Å²) in [4.78, 5) is 13.6. The van der Waals surface area contributed by atoms with Crippen LogP contribution in [0.1, 0.15) is 22.9 Å². The van der Waals surface area contributed by atoms with E-state index in [0.717, 1.165) is 27.8 Å². The summed E-state index contributed by atoms with van der Waals surface area (Å²) in [5.41, 5.74) is 2.00. The van der Waals surface area contributed by atoms with Crippen molar-refractivity contribution in [3.05, 3.63) is 58.0 Å². The first-order chi connectivity index (χ1) is 9.66. The zero-order chi connectivity index (χ0) is 14.1. The number of furan rings is 1. The molecule has 104 valence electrons. The first-order valence-corrected chi connectivity index (χ1v) is 7.22. The molecule has 20 heavy (non-hydrogen) atoms. The lowest BCUT2D eigenvalue weighted by Gasteiger charge is -2.34. The highest BCUT2D eigenvalue weighted by Gasteiger charge is 2.33. The smallest absolute Gasteiger partial charge is 0.325 e. The third kappa shape index (κ3) is 2.39. The molecule has 1 unspecified atom stereocenters. The second kappa shape index (κ2) is 5.42. The zero-order valence-electron chi connectivity index (χ0n) is 10.8. The van der Waals surface area contributed by atoms with E-state index in [0.29, 0.717) is 13.1 Å². The van der Waals surface area contributed by atoms with E-state index in [1.54, 1.807) is 6.26 Å². The Morgan fingerprint density at radius 3 is 2.90 bits per heavy atom. The van der Waals surface area contributed by atoms with Gasteiger partial charge in [-0.3, -0.25) is 9.69 Å². The number of carboxylic acids is 1. The van der Waals surface area contributed by atoms with Gasteiger partial charge in [0.1, 0.15) is 11.8 Å². The minimum absolute atomic E-state index is 0.485. The van der Waals surface area contributed by atoms with Crippen LogP contribution >= 0.6 is 15.9 Å². The molecular weight excluding hydrogens is 322 g/mol. The van der Waals surface area contributed by atoms with Crippen LogP contribution in [0.3, 0.4) is 0 Å². The van der Waals surface area contributed by atoms with Crippen molar-refractivity contribution in [3.8, 4) is 0 Å². The molecule has 0 fully saturated rings. The van der Waals surface area contributed by atoms with Crippen LogP contribution in [-0.2, 0) is 17.8 Å². The Kier molecular flexibility index (Phi) is 3.63. The molecule has 1 aromatic carbocycles. The molecule has 1 aliphatic heterocycles. The number of nitrogens with zero attached hydrogens (tertiary/aromatic N) is 1. The van der Waals surface area contributed by atoms with E-state index in [-0.39, 0.29) is 0 Å². The van der Waals surface area contributed by atoms with E-state index >= 15 is 0 Å². The quantitative estimate of drug-likeness (QED) is 0.935. The summed E-state index contributed by atoms with van der Waals surface area (Å²) in [5, 5.41) is 9.57. The Labute approximate surface area is 125 Å². The molecule has 2 aromatic rings. The van der Waals surface area contributed by atoms with E-state index in [2.05, 4.69) is 15.9 Å². The van der Waals surface area contributed by atoms with E-state index in [9.17, 15) is 9.90 Å². The lowest BCUT2D eigenvalue weighted by atomic mass is 9.92. The number of fused-ring (bicyclic) bond motifs is 1. The van der Waals surface area contributed by atoms with Crippen molar-refractivity contribution >= 4 is 21.9 Å². The molecule has 0 spiro atoms. The van der Waals surface area contributed by atoms with Crippen LogP contribution in [0.15, 0.2) is 45.5 Å². The van der Waals surface area contributed by atoms with Gasteiger partial charge in [-0.05, 0) is 39.5 Å². The summed E-state index contributed by atoms with van der Waals surface area (Å²) >= 11 is 3.41. The maximum Gasteiger partial charge on any atom is 0.325 e. The van der Waals surface area contributed by atoms with E-state index < -0.39 is 12.0 Å². The zero-order valence-corrected chi connectivity index (χ0v) is 12.3. The Morgan fingerprint density at radius 2 is 2.20 bits per heavy atom. The van der Waals surface area contributed by atoms with Gasteiger partial charge in [-0.25, -0.2) is 0 Å². The molecule has 1 aromatic heterocycles. The number of carboxylic acid groups (broad SMARTS) is 1. The highest BCUT2D eigenvalue weighted by atomic mass is 79.9. The molecule has 5 heteroatoms. The number of halogens is 1. The molecule has 4 nitrogen and oxygen atoms in total. The Hall–Kier alpha value is -1.59. The number of hydrogen-bond acceptors (Lipinski definition) is 3. The molecule has 1 aliphatic rings. The van der Waals surface area contributed by atoms with E-state index in [1.807, 2.05) is 35.2 Å². The molecule has 3 rings (SSSR count). The standard InChI is InChI=1S/C15H14BrNO3/c16-12-6-8-20-13(12)9-17-7-5-10-3-1-2-4-11(10)14(17)15(18)19/h1-4,6,8,14H,5,7,9H2,(H,18,19). The molecule has 0 aliphatic carbocycles. The summed E-state index contributed by atoms with van der Waals surface area (Å²) < 4.78 is 6.28. The number of aliphatic carboxylic acids is 1. The third-order valence-corrected chi connectivity index (χ3v) is 4.36. The van der Waals surface area contributed by atoms with Crippen molar-refractivity contribution in [1.29, 1.82) is 0 Å². The largest absolute Gasteiger partial charge is 0.480 e. The second-order valence-electron chi connectivity index (χ2n) is 4.85. The second-order valence-corrected chi connectivity index (χ2v) is 5.71. The van der Waals surface area contributed by atoms with Gasteiger partial charge in [0.25, 0.3) is 0 Å². The van der Waals surface area contributed by atoms with Crippen LogP contribution < -0.4 is 0 Å². The molecule has 1 N–H and O–H groups in total. The van der Waals surface area contributed by atoms with Gasteiger partial charge < -0.3 is 9.52 Å². The van der Waals surface area contributed by atoms with Gasteiger partial charge in [-0.15, -0.1) is 0 Å². The highest BCUT2D eigenvalue weighted by Crippen LogP contribution is 2.32. The van der Waals surface area contributed by atoms with Gasteiger partial charge in [0, 0.05) is 6.54 Å².